The molecule has 158 valence electrons. The average molecular weight is 411 g/mol. The molecule has 0 bridgehead atoms. The number of imide groups is 1. The molecular formula is C20H24F3N3O3. The Kier molecular flexibility index (Phi) is 5.60. The fourth-order valence-corrected chi connectivity index (χ4v) is 3.97. The molecule has 6 nitrogen and oxygen atoms in total. The lowest BCUT2D eigenvalue weighted by atomic mass is 9.86. The average Bonchev–Trinajstić information content (AvgIpc) is 2.87. The number of rotatable bonds is 4. The Bertz CT molecular complexity index is 827. The Labute approximate surface area is 166 Å². The van der Waals surface area contributed by atoms with Crippen molar-refractivity contribution in [1.82, 2.24) is 15.5 Å². The maximum absolute atomic E-state index is 13.0. The first-order chi connectivity index (χ1) is 13.5. The van der Waals surface area contributed by atoms with Gasteiger partial charge in [0.2, 0.25) is 5.91 Å². The monoisotopic (exact) mass is 411 g/mol. The van der Waals surface area contributed by atoms with Crippen LogP contribution in [0.5, 0.6) is 0 Å². The number of benzene rings is 1. The highest BCUT2D eigenvalue weighted by Crippen LogP contribution is 2.34. The van der Waals surface area contributed by atoms with Gasteiger partial charge in [-0.05, 0) is 43.4 Å². The summed E-state index contributed by atoms with van der Waals surface area (Å²) in [5.41, 5.74) is -2.58. The van der Waals surface area contributed by atoms with E-state index in [1.54, 1.807) is 0 Å². The molecule has 1 saturated carbocycles. The van der Waals surface area contributed by atoms with Crippen LogP contribution in [0.1, 0.15) is 50.7 Å². The van der Waals surface area contributed by atoms with Crippen LogP contribution in [-0.4, -0.2) is 35.3 Å². The van der Waals surface area contributed by atoms with E-state index >= 15 is 0 Å². The number of carbonyl (C=O) groups is 3. The third kappa shape index (κ3) is 4.23. The largest absolute Gasteiger partial charge is 0.416 e. The van der Waals surface area contributed by atoms with Crippen LogP contribution in [0.4, 0.5) is 18.0 Å². The number of alkyl halides is 3. The predicted octanol–water partition coefficient (Wildman–Crippen LogP) is 3.17. The van der Waals surface area contributed by atoms with E-state index < -0.39 is 41.7 Å². The molecule has 1 heterocycles. The summed E-state index contributed by atoms with van der Waals surface area (Å²) in [5, 5.41) is 5.30. The van der Waals surface area contributed by atoms with Crippen molar-refractivity contribution in [2.45, 2.75) is 57.3 Å². The van der Waals surface area contributed by atoms with Gasteiger partial charge in [-0.25, -0.2) is 4.79 Å². The molecule has 0 radical (unpaired) electrons. The molecule has 0 unspecified atom stereocenters. The van der Waals surface area contributed by atoms with Crippen LogP contribution < -0.4 is 10.6 Å². The van der Waals surface area contributed by atoms with E-state index in [1.807, 2.05) is 6.92 Å². The van der Waals surface area contributed by atoms with Crippen LogP contribution in [0.3, 0.4) is 0 Å². The zero-order valence-electron chi connectivity index (χ0n) is 16.3. The molecule has 4 amide bonds. The van der Waals surface area contributed by atoms with Gasteiger partial charge in [0.15, 0.2) is 0 Å². The number of halogens is 3. The third-order valence-corrected chi connectivity index (χ3v) is 5.80. The normalized spacial score (nSPS) is 27.7. The highest BCUT2D eigenvalue weighted by molar-refractivity contribution is 6.09. The Morgan fingerprint density at radius 1 is 1.28 bits per heavy atom. The molecule has 0 aromatic heterocycles. The summed E-state index contributed by atoms with van der Waals surface area (Å²) in [6.07, 6.45) is -0.618. The number of nitrogens with one attached hydrogen (secondary N) is 2. The maximum Gasteiger partial charge on any atom is 0.416 e. The molecule has 3 atom stereocenters. The van der Waals surface area contributed by atoms with E-state index in [2.05, 4.69) is 10.6 Å². The van der Waals surface area contributed by atoms with Crippen LogP contribution in [0, 0.1) is 5.92 Å². The zero-order chi connectivity index (χ0) is 21.4. The molecule has 1 aliphatic carbocycles. The minimum atomic E-state index is -4.58. The van der Waals surface area contributed by atoms with Gasteiger partial charge in [0.05, 0.1) is 5.56 Å². The molecule has 9 heteroatoms. The third-order valence-electron chi connectivity index (χ3n) is 5.80. The van der Waals surface area contributed by atoms with Gasteiger partial charge in [-0.2, -0.15) is 13.2 Å². The van der Waals surface area contributed by atoms with Gasteiger partial charge < -0.3 is 10.6 Å². The van der Waals surface area contributed by atoms with Crippen LogP contribution >= 0.6 is 0 Å². The highest BCUT2D eigenvalue weighted by atomic mass is 19.4. The number of hydrogen-bond donors (Lipinski definition) is 2. The quantitative estimate of drug-likeness (QED) is 0.747. The van der Waals surface area contributed by atoms with Gasteiger partial charge in [0.1, 0.15) is 12.1 Å². The second kappa shape index (κ2) is 7.68. The molecule has 0 spiro atoms. The molecule has 3 rings (SSSR count). The van der Waals surface area contributed by atoms with Crippen LogP contribution in [0.2, 0.25) is 0 Å². The Morgan fingerprint density at radius 3 is 2.62 bits per heavy atom. The summed E-state index contributed by atoms with van der Waals surface area (Å²) in [7, 11) is 0. The number of urea groups is 1. The molecule has 2 N–H and O–H groups in total. The van der Waals surface area contributed by atoms with Crippen LogP contribution in [0.25, 0.3) is 0 Å². The van der Waals surface area contributed by atoms with Crippen LogP contribution in [0.15, 0.2) is 24.3 Å². The standard InChI is InChI=1S/C20H24F3N3O3/c1-12-6-3-4-9-15(12)24-16(27)11-26-17(28)19(2,25-18(26)29)13-7-5-8-14(10-13)20(21,22)23/h5,7-8,10,12,15H,3-4,6,9,11H2,1-2H3,(H,24,27)(H,25,29)/t12-,15+,19+/m1/s1. The van der Waals surface area contributed by atoms with Gasteiger partial charge >= 0.3 is 12.2 Å². The van der Waals surface area contributed by atoms with Gasteiger partial charge in [-0.3, -0.25) is 14.5 Å². The second-order valence-electron chi connectivity index (χ2n) is 7.96. The van der Waals surface area contributed by atoms with Crippen molar-refractivity contribution < 1.29 is 27.6 Å². The van der Waals surface area contributed by atoms with Crippen LogP contribution in [-0.2, 0) is 21.3 Å². The molecule has 2 fully saturated rings. The van der Waals surface area contributed by atoms with E-state index in [1.165, 1.54) is 19.1 Å². The minimum Gasteiger partial charge on any atom is -0.352 e. The number of amides is 4. The van der Waals surface area contributed by atoms with E-state index in [9.17, 15) is 27.6 Å². The van der Waals surface area contributed by atoms with Gasteiger partial charge in [0.25, 0.3) is 5.91 Å². The van der Waals surface area contributed by atoms with Crippen molar-refractivity contribution in [1.29, 1.82) is 0 Å². The topological polar surface area (TPSA) is 78.5 Å². The Morgan fingerprint density at radius 2 is 1.97 bits per heavy atom. The molecule has 29 heavy (non-hydrogen) atoms. The van der Waals surface area contributed by atoms with Gasteiger partial charge in [-0.1, -0.05) is 31.9 Å². The Hall–Kier alpha value is -2.58. The Balaban J connectivity index is 1.74. The zero-order valence-corrected chi connectivity index (χ0v) is 16.3. The van der Waals surface area contributed by atoms with E-state index in [0.717, 1.165) is 42.7 Å². The lowest BCUT2D eigenvalue weighted by Crippen LogP contribution is -2.47. The lowest BCUT2D eigenvalue weighted by molar-refractivity contribution is -0.138. The molecule has 1 saturated heterocycles. The number of carbonyl (C=O) groups excluding carboxylic acids is 3. The fraction of sp³-hybridized carbons (Fsp3) is 0.550. The summed E-state index contributed by atoms with van der Waals surface area (Å²) in [6, 6.07) is 3.45. The van der Waals surface area contributed by atoms with E-state index in [0.29, 0.717) is 5.92 Å². The van der Waals surface area contributed by atoms with Crippen molar-refractivity contribution in [3.63, 3.8) is 0 Å². The van der Waals surface area contributed by atoms with Crippen molar-refractivity contribution >= 4 is 17.8 Å². The smallest absolute Gasteiger partial charge is 0.352 e. The van der Waals surface area contributed by atoms with E-state index in [4.69, 9.17) is 0 Å². The first-order valence-corrected chi connectivity index (χ1v) is 9.63. The van der Waals surface area contributed by atoms with E-state index in [-0.39, 0.29) is 11.6 Å². The van der Waals surface area contributed by atoms with Crippen molar-refractivity contribution in [2.75, 3.05) is 6.54 Å². The minimum absolute atomic E-state index is 0.00753. The van der Waals surface area contributed by atoms with Crippen molar-refractivity contribution in [3.05, 3.63) is 35.4 Å². The SMILES string of the molecule is C[C@@H]1CCCC[C@@H]1NC(=O)CN1C(=O)N[C@@](C)(c2cccc(C(F)(F)F)c2)C1=O. The second-order valence-corrected chi connectivity index (χ2v) is 7.96. The summed E-state index contributed by atoms with van der Waals surface area (Å²) >= 11 is 0. The molecule has 1 aliphatic heterocycles. The highest BCUT2D eigenvalue weighted by Gasteiger charge is 2.50. The molecule has 1 aromatic carbocycles. The maximum atomic E-state index is 13.0. The lowest BCUT2D eigenvalue weighted by Gasteiger charge is -2.30. The van der Waals surface area contributed by atoms with Gasteiger partial charge in [-0.15, -0.1) is 0 Å². The summed E-state index contributed by atoms with van der Waals surface area (Å²) in [5.74, 6) is -0.902. The predicted molar refractivity (Wildman–Crippen MR) is 98.6 cm³/mol. The molecule has 1 aromatic rings. The summed E-state index contributed by atoms with van der Waals surface area (Å²) < 4.78 is 39.1. The first-order valence-electron chi connectivity index (χ1n) is 9.63. The number of hydrogen-bond acceptors (Lipinski definition) is 3. The summed E-state index contributed by atoms with van der Waals surface area (Å²) in [4.78, 5) is 38.4. The summed E-state index contributed by atoms with van der Waals surface area (Å²) in [6.45, 7) is 2.91. The number of nitrogens with zero attached hydrogens (tertiary/aromatic N) is 1. The van der Waals surface area contributed by atoms with Gasteiger partial charge in [0, 0.05) is 6.04 Å². The fourth-order valence-electron chi connectivity index (χ4n) is 3.97. The first kappa shape index (κ1) is 21.1. The van der Waals surface area contributed by atoms with Crippen molar-refractivity contribution in [2.24, 2.45) is 5.92 Å². The molecule has 2 aliphatic rings. The molecular weight excluding hydrogens is 387 g/mol. The van der Waals surface area contributed by atoms with Crippen molar-refractivity contribution in [3.8, 4) is 0 Å².